The lowest BCUT2D eigenvalue weighted by atomic mass is 10.1. The van der Waals surface area contributed by atoms with E-state index < -0.39 is 36.8 Å². The van der Waals surface area contributed by atoms with E-state index in [0.717, 1.165) is 10.1 Å². The second-order valence-corrected chi connectivity index (χ2v) is 6.64. The second kappa shape index (κ2) is 8.97. The Hall–Kier alpha value is -2.05. The molecule has 1 fully saturated rings. The zero-order valence-electron chi connectivity index (χ0n) is 14.6. The third-order valence-corrected chi connectivity index (χ3v) is 4.77. The summed E-state index contributed by atoms with van der Waals surface area (Å²) >= 11 is 6.08. The fraction of sp³-hybridized carbons (Fsp3) is 0.412. The van der Waals surface area contributed by atoms with Gasteiger partial charge in [0.1, 0.15) is 18.3 Å². The molecule has 0 bridgehead atoms. The lowest BCUT2D eigenvalue weighted by molar-refractivity contribution is -0.0552. The number of anilines is 1. The molecule has 0 spiro atoms. The van der Waals surface area contributed by atoms with Crippen molar-refractivity contribution in [3.63, 3.8) is 0 Å². The van der Waals surface area contributed by atoms with Crippen molar-refractivity contribution in [1.82, 2.24) is 9.55 Å². The van der Waals surface area contributed by atoms with Gasteiger partial charge in [0.05, 0.1) is 19.8 Å². The molecule has 28 heavy (non-hydrogen) atoms. The smallest absolute Gasteiger partial charge is 0.351 e. The minimum atomic E-state index is -1.44. The Labute approximate surface area is 164 Å². The predicted molar refractivity (Wildman–Crippen MR) is 96.9 cm³/mol. The van der Waals surface area contributed by atoms with Crippen LogP contribution in [0.5, 0.6) is 0 Å². The number of rotatable bonds is 7. The highest BCUT2D eigenvalue weighted by atomic mass is 35.5. The largest absolute Gasteiger partial charge is 0.394 e. The maximum Gasteiger partial charge on any atom is 0.351 e. The molecule has 2 aromatic rings. The topological polar surface area (TPSA) is 146 Å². The molecule has 1 aliphatic rings. The van der Waals surface area contributed by atoms with E-state index in [2.05, 4.69) is 4.98 Å². The van der Waals surface area contributed by atoms with E-state index in [4.69, 9.17) is 21.1 Å². The van der Waals surface area contributed by atoms with Gasteiger partial charge >= 0.3 is 5.69 Å². The van der Waals surface area contributed by atoms with E-state index in [1.165, 1.54) is 6.20 Å². The van der Waals surface area contributed by atoms with Crippen molar-refractivity contribution in [3.8, 4) is 0 Å². The van der Waals surface area contributed by atoms with Crippen LogP contribution in [0.15, 0.2) is 35.3 Å². The minimum absolute atomic E-state index is 0.0454. The molecule has 0 unspecified atom stereocenters. The molecule has 0 aliphatic carbocycles. The number of benzene rings is 1. The Morgan fingerprint density at radius 1 is 1.21 bits per heavy atom. The van der Waals surface area contributed by atoms with Crippen LogP contribution in [0.25, 0.3) is 0 Å². The fourth-order valence-corrected chi connectivity index (χ4v) is 3.08. The summed E-state index contributed by atoms with van der Waals surface area (Å²) < 4.78 is 11.9. The number of aliphatic hydroxyl groups is 3. The number of nitrogens with one attached hydrogen (secondary N) is 1. The zero-order chi connectivity index (χ0) is 20.3. The predicted octanol–water partition coefficient (Wildman–Crippen LogP) is 0.0261. The molecule has 3 rings (SSSR count). The second-order valence-electron chi connectivity index (χ2n) is 6.23. The fourth-order valence-electron chi connectivity index (χ4n) is 2.89. The van der Waals surface area contributed by atoms with Crippen molar-refractivity contribution in [1.29, 1.82) is 0 Å². The molecule has 2 heterocycles. The molecule has 152 valence electrons. The van der Waals surface area contributed by atoms with Gasteiger partial charge in [0, 0.05) is 16.8 Å². The average Bonchev–Trinajstić information content (AvgIpc) is 2.98. The quantitative estimate of drug-likeness (QED) is 0.396. The van der Waals surface area contributed by atoms with Crippen molar-refractivity contribution in [2.45, 2.75) is 37.8 Å². The van der Waals surface area contributed by atoms with Crippen LogP contribution in [-0.2, 0) is 22.7 Å². The van der Waals surface area contributed by atoms with Crippen molar-refractivity contribution in [3.05, 3.63) is 57.1 Å². The first-order chi connectivity index (χ1) is 13.5. The molecule has 1 aromatic carbocycles. The normalized spacial score (nSPS) is 24.5. The first-order valence-electron chi connectivity index (χ1n) is 8.42. The maximum absolute atomic E-state index is 12.2. The summed E-state index contributed by atoms with van der Waals surface area (Å²) in [4.78, 5) is 15.9. The number of nitrogens with zero attached hydrogens (tertiary/aromatic N) is 2. The number of halogens is 1. The van der Waals surface area contributed by atoms with E-state index in [-0.39, 0.29) is 19.0 Å². The van der Waals surface area contributed by atoms with E-state index in [0.29, 0.717) is 10.6 Å². The van der Waals surface area contributed by atoms with Gasteiger partial charge in [0.2, 0.25) is 0 Å². The van der Waals surface area contributed by atoms with Crippen LogP contribution in [-0.4, -0.2) is 55.0 Å². The molecule has 10 nitrogen and oxygen atoms in total. The van der Waals surface area contributed by atoms with Gasteiger partial charge in [0.25, 0.3) is 0 Å². The molecular weight excluding hydrogens is 394 g/mol. The Kier molecular flexibility index (Phi) is 6.62. The van der Waals surface area contributed by atoms with Gasteiger partial charge in [0.15, 0.2) is 12.0 Å². The highest BCUT2D eigenvalue weighted by Gasteiger charge is 2.44. The molecular formula is C17H20ClN3O7. The Morgan fingerprint density at radius 3 is 2.57 bits per heavy atom. The van der Waals surface area contributed by atoms with Gasteiger partial charge < -0.3 is 24.8 Å². The first kappa shape index (κ1) is 20.7. The molecule has 0 radical (unpaired) electrons. The number of aliphatic hydroxyl groups excluding tert-OH is 3. The average molecular weight is 414 g/mol. The van der Waals surface area contributed by atoms with Gasteiger partial charge in [-0.15, -0.1) is 0 Å². The molecule has 0 saturated carbocycles. The number of hydrogen-bond donors (Lipinski definition) is 5. The monoisotopic (exact) mass is 413 g/mol. The van der Waals surface area contributed by atoms with Gasteiger partial charge in [-0.1, -0.05) is 29.8 Å². The third kappa shape index (κ3) is 4.18. The van der Waals surface area contributed by atoms with Crippen molar-refractivity contribution >= 4 is 17.4 Å². The summed E-state index contributed by atoms with van der Waals surface area (Å²) in [7, 11) is 0. The maximum atomic E-state index is 12.2. The van der Waals surface area contributed by atoms with Gasteiger partial charge in [-0.25, -0.2) is 4.79 Å². The van der Waals surface area contributed by atoms with Gasteiger partial charge in [-0.2, -0.15) is 4.98 Å². The van der Waals surface area contributed by atoms with Crippen LogP contribution in [0.2, 0.25) is 5.02 Å². The first-order valence-corrected chi connectivity index (χ1v) is 8.79. The van der Waals surface area contributed by atoms with Crippen LogP contribution in [0.3, 0.4) is 0 Å². The Bertz CT molecular complexity index is 878. The Morgan fingerprint density at radius 2 is 1.93 bits per heavy atom. The molecule has 11 heteroatoms. The summed E-state index contributed by atoms with van der Waals surface area (Å²) in [6.07, 6.45) is -3.80. The SMILES string of the molecule is O=c1nc(NO)c(COCc2ccccc2Cl)cn1[C@@H]1O[C@H](CO)[C@@H](O)[C@H]1O. The summed E-state index contributed by atoms with van der Waals surface area (Å²) in [5.41, 5.74) is 2.05. The standard InChI is InChI=1S/C17H20ClN3O7/c18-11-4-2-1-3-9(11)7-27-8-10-5-21(17(25)19-15(10)20-26)16-14(24)13(23)12(6-22)28-16/h1-5,12-14,16,22-24,26H,6-8H2,(H,19,20,25)/t12-,13-,14-,16-/m1/s1. The summed E-state index contributed by atoms with van der Waals surface area (Å²) in [6.45, 7) is -0.394. The highest BCUT2D eigenvalue weighted by Crippen LogP contribution is 2.29. The van der Waals surface area contributed by atoms with Crippen LogP contribution in [0, 0.1) is 0 Å². The molecule has 1 aliphatic heterocycles. The molecule has 5 N–H and O–H groups in total. The zero-order valence-corrected chi connectivity index (χ0v) is 15.4. The summed E-state index contributed by atoms with van der Waals surface area (Å²) in [6, 6.07) is 7.13. The molecule has 1 saturated heterocycles. The molecule has 4 atom stereocenters. The van der Waals surface area contributed by atoms with Crippen molar-refractivity contribution in [2.75, 3.05) is 12.1 Å². The minimum Gasteiger partial charge on any atom is -0.394 e. The lowest BCUT2D eigenvalue weighted by Gasteiger charge is -2.19. The van der Waals surface area contributed by atoms with E-state index in [1.54, 1.807) is 18.2 Å². The third-order valence-electron chi connectivity index (χ3n) is 4.40. The van der Waals surface area contributed by atoms with Gasteiger partial charge in [-0.05, 0) is 11.6 Å². The van der Waals surface area contributed by atoms with Crippen molar-refractivity contribution in [2.24, 2.45) is 0 Å². The van der Waals surface area contributed by atoms with E-state index in [9.17, 15) is 25.3 Å². The summed E-state index contributed by atoms with van der Waals surface area (Å²) in [5.74, 6) is -0.118. The van der Waals surface area contributed by atoms with Crippen LogP contribution < -0.4 is 11.2 Å². The molecule has 0 amide bonds. The number of hydrogen-bond acceptors (Lipinski definition) is 9. The summed E-state index contributed by atoms with van der Waals surface area (Å²) in [5, 5.41) is 39.0. The van der Waals surface area contributed by atoms with Gasteiger partial charge in [-0.3, -0.25) is 15.3 Å². The van der Waals surface area contributed by atoms with Crippen LogP contribution >= 0.6 is 11.6 Å². The van der Waals surface area contributed by atoms with E-state index >= 15 is 0 Å². The van der Waals surface area contributed by atoms with Crippen molar-refractivity contribution < 1.29 is 30.0 Å². The highest BCUT2D eigenvalue weighted by molar-refractivity contribution is 6.31. The van der Waals surface area contributed by atoms with Crippen LogP contribution in [0.4, 0.5) is 5.82 Å². The van der Waals surface area contributed by atoms with Crippen LogP contribution in [0.1, 0.15) is 17.4 Å². The lowest BCUT2D eigenvalue weighted by Crippen LogP contribution is -2.36. The number of ether oxygens (including phenoxy) is 2. The molecule has 1 aromatic heterocycles. The van der Waals surface area contributed by atoms with E-state index in [1.807, 2.05) is 11.5 Å². The number of aromatic nitrogens is 2. The Balaban J connectivity index is 1.80.